The van der Waals surface area contributed by atoms with Crippen LogP contribution < -0.4 is 0 Å². The highest BCUT2D eigenvalue weighted by Gasteiger charge is 2.60. The summed E-state index contributed by atoms with van der Waals surface area (Å²) in [6.45, 7) is 1.68. The van der Waals surface area contributed by atoms with Crippen molar-refractivity contribution in [2.75, 3.05) is 0 Å². The van der Waals surface area contributed by atoms with Gasteiger partial charge in [0.1, 0.15) is 0 Å². The molecule has 0 amide bonds. The summed E-state index contributed by atoms with van der Waals surface area (Å²) in [5.74, 6) is 0. The van der Waals surface area contributed by atoms with Gasteiger partial charge in [-0.1, -0.05) is 31.5 Å². The van der Waals surface area contributed by atoms with Gasteiger partial charge in [0, 0.05) is 20.1 Å². The molecule has 0 aromatic heterocycles. The molecule has 0 saturated carbocycles. The lowest BCUT2D eigenvalue weighted by atomic mass is 10.2. The molecule has 1 atom stereocenters. The van der Waals surface area contributed by atoms with Crippen LogP contribution in [0.2, 0.25) is 0 Å². The molecule has 0 fully saturated rings. The highest BCUT2D eigenvalue weighted by atomic mass is 32.3. The summed E-state index contributed by atoms with van der Waals surface area (Å²) >= 11 is 0. The Morgan fingerprint density at radius 3 is 2.43 bits per heavy atom. The third-order valence-electron chi connectivity index (χ3n) is 2.92. The van der Waals surface area contributed by atoms with Crippen molar-refractivity contribution in [2.24, 2.45) is 0 Å². The molecule has 2 rings (SSSR count). The number of alkyl halides is 3. The zero-order chi connectivity index (χ0) is 15.9. The number of rotatable bonds is 4. The van der Waals surface area contributed by atoms with Gasteiger partial charge >= 0.3 is 15.9 Å². The summed E-state index contributed by atoms with van der Waals surface area (Å²) < 4.78 is 76.3. The molecule has 9 heteroatoms. The van der Waals surface area contributed by atoms with Crippen LogP contribution in [-0.2, 0) is 14.0 Å². The monoisotopic (exact) mass is 342 g/mol. The van der Waals surface area contributed by atoms with Crippen LogP contribution in [0.15, 0.2) is 34.1 Å². The van der Waals surface area contributed by atoms with Crippen molar-refractivity contribution in [3.8, 4) is 0 Å². The molecule has 4 nitrogen and oxygen atoms in total. The van der Waals surface area contributed by atoms with Crippen molar-refractivity contribution in [2.45, 2.75) is 30.2 Å². The van der Waals surface area contributed by atoms with Gasteiger partial charge in [0.05, 0.1) is 0 Å². The Balaban J connectivity index is 2.74. The highest BCUT2D eigenvalue weighted by molar-refractivity contribution is 8.36. The van der Waals surface area contributed by atoms with E-state index in [-0.39, 0.29) is 21.8 Å². The molecule has 1 N–H and O–H groups in total. The van der Waals surface area contributed by atoms with Crippen LogP contribution >= 0.6 is 10.3 Å². The molecule has 1 aromatic rings. The minimum Gasteiger partial charge on any atom is -0.263 e. The minimum absolute atomic E-state index is 0.0268. The molecule has 0 aliphatic carbocycles. The quantitative estimate of drug-likeness (QED) is 0.831. The van der Waals surface area contributed by atoms with E-state index in [1.165, 1.54) is 24.3 Å². The second-order valence-electron chi connectivity index (χ2n) is 4.40. The number of benzene rings is 1. The van der Waals surface area contributed by atoms with Gasteiger partial charge in [-0.25, -0.2) is 0 Å². The molecular weight excluding hydrogens is 329 g/mol. The highest BCUT2D eigenvalue weighted by Crippen LogP contribution is 2.78. The zero-order valence-electron chi connectivity index (χ0n) is 10.9. The number of allylic oxidation sites excluding steroid dienone is 1. The van der Waals surface area contributed by atoms with E-state index in [0.717, 1.165) is 0 Å². The second-order valence-corrected chi connectivity index (χ2v) is 8.34. The summed E-state index contributed by atoms with van der Waals surface area (Å²) in [6, 6.07) is 5.57. The molecule has 1 aliphatic heterocycles. The van der Waals surface area contributed by atoms with Crippen molar-refractivity contribution < 1.29 is 29.8 Å². The molecule has 1 aliphatic rings. The molecule has 1 heterocycles. The van der Waals surface area contributed by atoms with Crippen LogP contribution in [0.25, 0.3) is 6.08 Å². The Morgan fingerprint density at radius 2 is 1.90 bits per heavy atom. The first-order valence-electron chi connectivity index (χ1n) is 5.99. The molecular formula is C12H13F3O4S2. The van der Waals surface area contributed by atoms with Gasteiger partial charge < -0.3 is 0 Å². The van der Waals surface area contributed by atoms with Crippen LogP contribution in [-0.4, -0.2) is 18.5 Å². The maximum atomic E-state index is 13.7. The van der Waals surface area contributed by atoms with Crippen molar-refractivity contribution >= 4 is 26.8 Å². The van der Waals surface area contributed by atoms with Crippen LogP contribution in [0.5, 0.6) is 0 Å². The fourth-order valence-corrected chi connectivity index (χ4v) is 6.57. The largest absolute Gasteiger partial charge is 0.456 e. The van der Waals surface area contributed by atoms with Gasteiger partial charge in [0.25, 0.3) is 0 Å². The zero-order valence-corrected chi connectivity index (χ0v) is 12.6. The fraction of sp³-hybridized carbons (Fsp3) is 0.333. The summed E-state index contributed by atoms with van der Waals surface area (Å²) in [4.78, 5) is -0.407. The van der Waals surface area contributed by atoms with Gasteiger partial charge in [-0.3, -0.25) is 4.55 Å². The molecule has 0 saturated heterocycles. The lowest BCUT2D eigenvalue weighted by molar-refractivity contribution is -0.0432. The predicted molar refractivity (Wildman–Crippen MR) is 73.9 cm³/mol. The molecule has 0 bridgehead atoms. The Labute approximate surface area is 122 Å². The topological polar surface area (TPSA) is 63.6 Å². The van der Waals surface area contributed by atoms with E-state index in [4.69, 9.17) is 4.55 Å². The second kappa shape index (κ2) is 5.31. The number of halogens is 3. The van der Waals surface area contributed by atoms with Crippen molar-refractivity contribution in [3.05, 3.63) is 34.7 Å². The smallest absolute Gasteiger partial charge is 0.263 e. The van der Waals surface area contributed by atoms with E-state index in [2.05, 4.69) is 3.63 Å². The lowest BCUT2D eigenvalue weighted by Gasteiger charge is -2.38. The first-order chi connectivity index (χ1) is 9.62. The van der Waals surface area contributed by atoms with Gasteiger partial charge in [-0.2, -0.15) is 25.2 Å². The molecule has 21 heavy (non-hydrogen) atoms. The van der Waals surface area contributed by atoms with Crippen LogP contribution in [0.4, 0.5) is 13.2 Å². The molecule has 1 aromatic carbocycles. The Bertz CT molecular complexity index is 682. The van der Waals surface area contributed by atoms with Crippen LogP contribution in [0, 0.1) is 0 Å². The normalized spacial score (nSPS) is 25.1. The Kier molecular flexibility index (Phi) is 4.13. The summed E-state index contributed by atoms with van der Waals surface area (Å²) in [5.41, 5.74) is -4.69. The third-order valence-corrected chi connectivity index (χ3v) is 7.13. The third kappa shape index (κ3) is 2.83. The Hall–Kier alpha value is -1.03. The maximum Gasteiger partial charge on any atom is 0.456 e. The van der Waals surface area contributed by atoms with E-state index in [1.807, 2.05) is 0 Å². The van der Waals surface area contributed by atoms with Crippen LogP contribution in [0.3, 0.4) is 0 Å². The lowest BCUT2D eigenvalue weighted by Crippen LogP contribution is -2.26. The number of hydrogen-bond acceptors (Lipinski definition) is 3. The molecule has 1 unspecified atom stereocenters. The molecule has 118 valence electrons. The number of fused-ring (bicyclic) bond motifs is 1. The van der Waals surface area contributed by atoms with Crippen molar-refractivity contribution in [3.63, 3.8) is 0 Å². The molecule has 0 spiro atoms. The summed E-state index contributed by atoms with van der Waals surface area (Å²) in [6.07, 6.45) is 1.71. The van der Waals surface area contributed by atoms with E-state index in [1.54, 1.807) is 13.0 Å². The molecule has 0 radical (unpaired) electrons. The van der Waals surface area contributed by atoms with Crippen LogP contribution in [0.1, 0.15) is 25.3 Å². The van der Waals surface area contributed by atoms with E-state index in [0.29, 0.717) is 6.42 Å². The van der Waals surface area contributed by atoms with Crippen molar-refractivity contribution in [1.29, 1.82) is 0 Å². The van der Waals surface area contributed by atoms with Gasteiger partial charge in [-0.15, -0.1) is 0 Å². The maximum absolute atomic E-state index is 13.7. The number of hydrogen-bond donors (Lipinski definition) is 1. The summed E-state index contributed by atoms with van der Waals surface area (Å²) in [7, 11) is -9.54. The average Bonchev–Trinajstić information content (AvgIpc) is 2.63. The average molecular weight is 342 g/mol. The van der Waals surface area contributed by atoms with Gasteiger partial charge in [0.2, 0.25) is 0 Å². The fourth-order valence-electron chi connectivity index (χ4n) is 2.24. The Morgan fingerprint density at radius 1 is 1.29 bits per heavy atom. The SMILES string of the molecule is CCCC1=Cc2ccccc2S1(OS(=O)(=O)O)C(F)(F)F. The van der Waals surface area contributed by atoms with Gasteiger partial charge in [-0.05, 0) is 24.1 Å². The standard InChI is InChI=1S/C12H13F3O4S2/c1-2-5-10-8-9-6-3-4-7-11(9)20(10,12(13,14)15)19-21(16,17)18/h3-4,6-8H,2,5H2,1H3,(H,16,17,18). The van der Waals surface area contributed by atoms with E-state index in [9.17, 15) is 21.6 Å². The first-order valence-corrected chi connectivity index (χ1v) is 8.92. The predicted octanol–water partition coefficient (Wildman–Crippen LogP) is 4.26. The van der Waals surface area contributed by atoms with Gasteiger partial charge in [0.15, 0.2) is 0 Å². The minimum atomic E-state index is -5.27. The summed E-state index contributed by atoms with van der Waals surface area (Å²) in [5, 5.41) is 0. The first kappa shape index (κ1) is 16.3. The van der Waals surface area contributed by atoms with E-state index >= 15 is 0 Å². The van der Waals surface area contributed by atoms with Crippen molar-refractivity contribution in [1.82, 2.24) is 0 Å². The van der Waals surface area contributed by atoms with E-state index < -0.39 is 26.2 Å².